The van der Waals surface area contributed by atoms with E-state index < -0.39 is 0 Å². The molecule has 98 valence electrons. The third-order valence-electron chi connectivity index (χ3n) is 6.13. The third kappa shape index (κ3) is 2.16. The first-order chi connectivity index (χ1) is 8.35. The lowest BCUT2D eigenvalue weighted by molar-refractivity contribution is 0.190. The van der Waals surface area contributed by atoms with Crippen LogP contribution < -0.4 is 5.32 Å². The third-order valence-corrected chi connectivity index (χ3v) is 6.13. The molecule has 0 amide bonds. The fourth-order valence-corrected chi connectivity index (χ4v) is 5.18. The van der Waals surface area contributed by atoms with Gasteiger partial charge in [-0.2, -0.15) is 0 Å². The predicted octanol–water partition coefficient (Wildman–Crippen LogP) is 3.84. The maximum atomic E-state index is 3.71. The predicted molar refractivity (Wildman–Crippen MR) is 72.9 cm³/mol. The molecule has 17 heavy (non-hydrogen) atoms. The average Bonchev–Trinajstić information content (AvgIpc) is 2.85. The van der Waals surface area contributed by atoms with Crippen LogP contribution in [0.15, 0.2) is 0 Å². The van der Waals surface area contributed by atoms with Gasteiger partial charge in [0.05, 0.1) is 0 Å². The molecule has 3 aliphatic rings. The Labute approximate surface area is 107 Å². The van der Waals surface area contributed by atoms with Crippen LogP contribution in [0.5, 0.6) is 0 Å². The fourth-order valence-electron chi connectivity index (χ4n) is 5.18. The summed E-state index contributed by atoms with van der Waals surface area (Å²) in [5.41, 5.74) is 0. The minimum Gasteiger partial charge on any atom is -0.316 e. The Bertz CT molecular complexity index is 252. The summed E-state index contributed by atoms with van der Waals surface area (Å²) >= 11 is 0. The van der Waals surface area contributed by atoms with Gasteiger partial charge in [-0.3, -0.25) is 0 Å². The van der Waals surface area contributed by atoms with Gasteiger partial charge in [0, 0.05) is 6.04 Å². The van der Waals surface area contributed by atoms with Crippen molar-refractivity contribution in [2.75, 3.05) is 7.05 Å². The minimum atomic E-state index is 0.861. The van der Waals surface area contributed by atoms with Crippen molar-refractivity contribution in [2.24, 2.45) is 29.6 Å². The molecule has 0 spiro atoms. The quantitative estimate of drug-likeness (QED) is 0.781. The Kier molecular flexibility index (Phi) is 3.47. The van der Waals surface area contributed by atoms with Crippen LogP contribution in [-0.2, 0) is 0 Å². The lowest BCUT2D eigenvalue weighted by Gasteiger charge is -2.35. The Hall–Kier alpha value is -0.0400. The van der Waals surface area contributed by atoms with E-state index in [1.165, 1.54) is 51.4 Å². The maximum Gasteiger partial charge on any atom is 0.0126 e. The van der Waals surface area contributed by atoms with Crippen LogP contribution in [0.25, 0.3) is 0 Å². The summed E-state index contributed by atoms with van der Waals surface area (Å²) < 4.78 is 0. The van der Waals surface area contributed by atoms with Crippen LogP contribution in [0.4, 0.5) is 0 Å². The standard InChI is InChI=1S/C16H29N/c1-3-11-6-4-7-12(10-11)16(17-2)15-13-8-5-9-14(13)15/h11-17H,3-10H2,1-2H3. The SMILES string of the molecule is CCC1CCCC(C(NC)C2C3CCCC32)C1. The van der Waals surface area contributed by atoms with Gasteiger partial charge in [0.2, 0.25) is 0 Å². The molecule has 0 heterocycles. The second kappa shape index (κ2) is 4.91. The van der Waals surface area contributed by atoms with Crippen LogP contribution >= 0.6 is 0 Å². The fraction of sp³-hybridized carbons (Fsp3) is 1.00. The summed E-state index contributed by atoms with van der Waals surface area (Å²) in [5, 5.41) is 3.71. The van der Waals surface area contributed by atoms with Crippen molar-refractivity contribution in [3.63, 3.8) is 0 Å². The van der Waals surface area contributed by atoms with Gasteiger partial charge in [0.25, 0.3) is 0 Å². The Morgan fingerprint density at radius 1 is 1.06 bits per heavy atom. The van der Waals surface area contributed by atoms with Crippen LogP contribution in [0.3, 0.4) is 0 Å². The van der Waals surface area contributed by atoms with Gasteiger partial charge in [-0.1, -0.05) is 32.6 Å². The molecule has 1 nitrogen and oxygen atoms in total. The molecule has 3 aliphatic carbocycles. The van der Waals surface area contributed by atoms with E-state index in [0.717, 1.165) is 35.6 Å². The molecule has 0 saturated heterocycles. The van der Waals surface area contributed by atoms with Gasteiger partial charge in [0.1, 0.15) is 0 Å². The molecule has 5 unspecified atom stereocenters. The van der Waals surface area contributed by atoms with Crippen molar-refractivity contribution < 1.29 is 0 Å². The molecule has 0 aromatic rings. The highest BCUT2D eigenvalue weighted by Gasteiger charge is 2.56. The van der Waals surface area contributed by atoms with Gasteiger partial charge in [-0.15, -0.1) is 0 Å². The van der Waals surface area contributed by atoms with Crippen molar-refractivity contribution in [1.29, 1.82) is 0 Å². The van der Waals surface area contributed by atoms with E-state index in [4.69, 9.17) is 0 Å². The molecule has 0 aliphatic heterocycles. The van der Waals surface area contributed by atoms with Gasteiger partial charge in [-0.05, 0) is 62.3 Å². The monoisotopic (exact) mass is 235 g/mol. The molecule has 0 aromatic carbocycles. The van der Waals surface area contributed by atoms with E-state index in [-0.39, 0.29) is 0 Å². The molecule has 5 atom stereocenters. The number of hydrogen-bond donors (Lipinski definition) is 1. The highest BCUT2D eigenvalue weighted by molar-refractivity contribution is 5.07. The van der Waals surface area contributed by atoms with Crippen LogP contribution in [-0.4, -0.2) is 13.1 Å². The molecule has 0 radical (unpaired) electrons. The van der Waals surface area contributed by atoms with E-state index in [0.29, 0.717) is 0 Å². The van der Waals surface area contributed by atoms with E-state index in [2.05, 4.69) is 19.3 Å². The second-order valence-corrected chi connectivity index (χ2v) is 6.85. The first-order valence-electron chi connectivity index (χ1n) is 8.02. The first kappa shape index (κ1) is 12.0. The van der Waals surface area contributed by atoms with Crippen LogP contribution in [0.2, 0.25) is 0 Å². The van der Waals surface area contributed by atoms with Crippen LogP contribution in [0.1, 0.15) is 58.3 Å². The van der Waals surface area contributed by atoms with E-state index in [1.807, 2.05) is 0 Å². The summed E-state index contributed by atoms with van der Waals surface area (Å²) in [5.74, 6) is 5.33. The maximum absolute atomic E-state index is 3.71. The minimum absolute atomic E-state index is 0.861. The molecule has 3 saturated carbocycles. The van der Waals surface area contributed by atoms with Crippen molar-refractivity contribution in [2.45, 2.75) is 64.3 Å². The zero-order chi connectivity index (χ0) is 11.8. The highest BCUT2D eigenvalue weighted by Crippen LogP contribution is 2.60. The normalized spacial score (nSPS) is 46.6. The Morgan fingerprint density at radius 2 is 1.76 bits per heavy atom. The van der Waals surface area contributed by atoms with E-state index in [9.17, 15) is 0 Å². The van der Waals surface area contributed by atoms with E-state index >= 15 is 0 Å². The topological polar surface area (TPSA) is 12.0 Å². The van der Waals surface area contributed by atoms with Crippen molar-refractivity contribution in [1.82, 2.24) is 5.32 Å². The largest absolute Gasteiger partial charge is 0.316 e. The molecule has 3 fully saturated rings. The van der Waals surface area contributed by atoms with E-state index in [1.54, 1.807) is 0 Å². The summed E-state index contributed by atoms with van der Waals surface area (Å²) in [4.78, 5) is 0. The number of hydrogen-bond acceptors (Lipinski definition) is 1. The number of nitrogens with one attached hydrogen (secondary N) is 1. The lowest BCUT2D eigenvalue weighted by Crippen LogP contribution is -2.39. The summed E-state index contributed by atoms with van der Waals surface area (Å²) in [6.45, 7) is 2.38. The van der Waals surface area contributed by atoms with Crippen molar-refractivity contribution in [3.8, 4) is 0 Å². The molecule has 0 bridgehead atoms. The second-order valence-electron chi connectivity index (χ2n) is 6.85. The molecule has 3 rings (SSSR count). The Morgan fingerprint density at radius 3 is 2.41 bits per heavy atom. The molecule has 1 N–H and O–H groups in total. The van der Waals surface area contributed by atoms with Gasteiger partial charge in [-0.25, -0.2) is 0 Å². The van der Waals surface area contributed by atoms with Crippen molar-refractivity contribution >= 4 is 0 Å². The molecular weight excluding hydrogens is 206 g/mol. The molecule has 1 heteroatoms. The number of rotatable bonds is 4. The van der Waals surface area contributed by atoms with Crippen molar-refractivity contribution in [3.05, 3.63) is 0 Å². The summed E-state index contributed by atoms with van der Waals surface area (Å²) in [6.07, 6.45) is 12.0. The lowest BCUT2D eigenvalue weighted by atomic mass is 9.75. The van der Waals surface area contributed by atoms with Gasteiger partial charge >= 0.3 is 0 Å². The van der Waals surface area contributed by atoms with Gasteiger partial charge < -0.3 is 5.32 Å². The van der Waals surface area contributed by atoms with Crippen LogP contribution in [0, 0.1) is 29.6 Å². The van der Waals surface area contributed by atoms with Gasteiger partial charge in [0.15, 0.2) is 0 Å². The summed E-state index contributed by atoms with van der Waals surface area (Å²) in [7, 11) is 2.22. The first-order valence-corrected chi connectivity index (χ1v) is 8.02. The highest BCUT2D eigenvalue weighted by atomic mass is 14.9. The zero-order valence-electron chi connectivity index (χ0n) is 11.6. The smallest absolute Gasteiger partial charge is 0.0126 e. The summed E-state index contributed by atoms with van der Waals surface area (Å²) in [6, 6.07) is 0.861. The molecule has 0 aromatic heterocycles. The molecular formula is C16H29N. The zero-order valence-corrected chi connectivity index (χ0v) is 11.6. The Balaban J connectivity index is 1.61. The number of fused-ring (bicyclic) bond motifs is 1. The average molecular weight is 235 g/mol.